The predicted molar refractivity (Wildman–Crippen MR) is 112 cm³/mol. The summed E-state index contributed by atoms with van der Waals surface area (Å²) in [5.74, 6) is 1.50. The van der Waals surface area contributed by atoms with Crippen LogP contribution in [0.4, 0.5) is 23.1 Å². The fraction of sp³-hybridized carbons (Fsp3) is 0.381. The summed E-state index contributed by atoms with van der Waals surface area (Å²) in [5.41, 5.74) is 2.91. The van der Waals surface area contributed by atoms with Crippen LogP contribution >= 0.6 is 0 Å². The van der Waals surface area contributed by atoms with Crippen LogP contribution in [-0.4, -0.2) is 46.8 Å². The second-order valence-electron chi connectivity index (χ2n) is 8.18. The van der Waals surface area contributed by atoms with Gasteiger partial charge in [-0.05, 0) is 50.1 Å². The first-order valence-corrected chi connectivity index (χ1v) is 9.83. The summed E-state index contributed by atoms with van der Waals surface area (Å²) in [4.78, 5) is 19.0. The summed E-state index contributed by atoms with van der Waals surface area (Å²) in [6, 6.07) is 12.2. The standard InChI is InChI=1S/C21H24N6O2/c1-21(2)15-8-7-13(11-16(15)23-19(21)28)22-20-24-17-5-4-6-18(27(17)25-20)26(3)14-9-10-29-12-14/h4-8,11,14H,9-10,12H2,1-3H3,(H,22,25)(H,23,28). The SMILES string of the molecule is CN(c1cccc2nc(Nc3ccc4c(c3)NC(=O)C4(C)C)nn12)C1CCOC1. The van der Waals surface area contributed by atoms with Crippen LogP contribution in [0.2, 0.25) is 0 Å². The van der Waals surface area contributed by atoms with Gasteiger partial charge >= 0.3 is 0 Å². The molecular weight excluding hydrogens is 368 g/mol. The Kier molecular flexibility index (Phi) is 3.99. The van der Waals surface area contributed by atoms with Gasteiger partial charge in [0.2, 0.25) is 11.9 Å². The van der Waals surface area contributed by atoms with Gasteiger partial charge in [-0.3, -0.25) is 4.79 Å². The van der Waals surface area contributed by atoms with Crippen LogP contribution < -0.4 is 15.5 Å². The van der Waals surface area contributed by atoms with Crippen molar-refractivity contribution in [3.05, 3.63) is 42.0 Å². The van der Waals surface area contributed by atoms with Crippen molar-refractivity contribution in [1.82, 2.24) is 14.6 Å². The lowest BCUT2D eigenvalue weighted by Crippen LogP contribution is -2.33. The molecule has 0 spiro atoms. The maximum atomic E-state index is 12.2. The molecule has 0 bridgehead atoms. The van der Waals surface area contributed by atoms with Gasteiger partial charge < -0.3 is 20.3 Å². The Bertz CT molecular complexity index is 1100. The third kappa shape index (κ3) is 2.91. The molecule has 1 fully saturated rings. The van der Waals surface area contributed by atoms with E-state index in [0.29, 0.717) is 12.0 Å². The maximum absolute atomic E-state index is 12.2. The molecule has 2 aromatic heterocycles. The lowest BCUT2D eigenvalue weighted by Gasteiger charge is -2.25. The van der Waals surface area contributed by atoms with E-state index in [4.69, 9.17) is 4.74 Å². The summed E-state index contributed by atoms with van der Waals surface area (Å²) >= 11 is 0. The van der Waals surface area contributed by atoms with Crippen molar-refractivity contribution in [3.8, 4) is 0 Å². The highest BCUT2D eigenvalue weighted by molar-refractivity contribution is 6.06. The van der Waals surface area contributed by atoms with Crippen molar-refractivity contribution < 1.29 is 9.53 Å². The highest BCUT2D eigenvalue weighted by Crippen LogP contribution is 2.39. The maximum Gasteiger partial charge on any atom is 0.247 e. The van der Waals surface area contributed by atoms with E-state index in [1.807, 2.05) is 54.8 Å². The van der Waals surface area contributed by atoms with Gasteiger partial charge in [0, 0.05) is 25.0 Å². The highest BCUT2D eigenvalue weighted by atomic mass is 16.5. The summed E-state index contributed by atoms with van der Waals surface area (Å²) in [5, 5.41) is 10.9. The number of fused-ring (bicyclic) bond motifs is 2. The number of ether oxygens (including phenoxy) is 1. The van der Waals surface area contributed by atoms with E-state index in [0.717, 1.165) is 48.0 Å². The molecule has 3 aromatic rings. The number of aromatic nitrogens is 3. The Morgan fingerprint density at radius 2 is 2.17 bits per heavy atom. The molecule has 0 aliphatic carbocycles. The molecule has 1 saturated heterocycles. The van der Waals surface area contributed by atoms with Crippen LogP contribution in [0.25, 0.3) is 5.65 Å². The number of nitrogens with one attached hydrogen (secondary N) is 2. The highest BCUT2D eigenvalue weighted by Gasteiger charge is 2.38. The molecule has 5 rings (SSSR count). The summed E-state index contributed by atoms with van der Waals surface area (Å²) < 4.78 is 7.37. The van der Waals surface area contributed by atoms with Crippen molar-refractivity contribution in [3.63, 3.8) is 0 Å². The molecule has 150 valence electrons. The van der Waals surface area contributed by atoms with Crippen LogP contribution in [0.1, 0.15) is 25.8 Å². The number of carbonyl (C=O) groups is 1. The van der Waals surface area contributed by atoms with Crippen LogP contribution in [0, 0.1) is 0 Å². The molecule has 0 saturated carbocycles. The first-order valence-electron chi connectivity index (χ1n) is 9.83. The van der Waals surface area contributed by atoms with Crippen molar-refractivity contribution in [2.24, 2.45) is 0 Å². The fourth-order valence-electron chi connectivity index (χ4n) is 4.03. The number of benzene rings is 1. The predicted octanol–water partition coefficient (Wildman–Crippen LogP) is 2.93. The van der Waals surface area contributed by atoms with E-state index in [1.54, 1.807) is 0 Å². The normalized spacial score (nSPS) is 20.0. The van der Waals surface area contributed by atoms with Gasteiger partial charge in [0.1, 0.15) is 5.82 Å². The molecule has 2 aliphatic heterocycles. The van der Waals surface area contributed by atoms with Crippen molar-refractivity contribution in [1.29, 1.82) is 0 Å². The number of pyridine rings is 1. The Morgan fingerprint density at radius 1 is 1.31 bits per heavy atom. The van der Waals surface area contributed by atoms with E-state index in [2.05, 4.69) is 32.7 Å². The smallest absolute Gasteiger partial charge is 0.247 e. The molecular formula is C21H24N6O2. The summed E-state index contributed by atoms with van der Waals surface area (Å²) in [7, 11) is 2.06. The molecule has 2 N–H and O–H groups in total. The molecule has 8 heteroatoms. The molecule has 2 aliphatic rings. The molecule has 1 unspecified atom stereocenters. The number of likely N-dealkylation sites (N-methyl/N-ethyl adjacent to an activating group) is 1. The lowest BCUT2D eigenvalue weighted by molar-refractivity contribution is -0.119. The molecule has 8 nitrogen and oxygen atoms in total. The molecule has 1 atom stereocenters. The van der Waals surface area contributed by atoms with Gasteiger partial charge in [-0.2, -0.15) is 9.50 Å². The zero-order valence-electron chi connectivity index (χ0n) is 16.8. The van der Waals surface area contributed by atoms with Crippen LogP contribution in [0.15, 0.2) is 36.4 Å². The average Bonchev–Trinajstić information content (AvgIpc) is 3.40. The molecule has 4 heterocycles. The Morgan fingerprint density at radius 3 is 2.97 bits per heavy atom. The first kappa shape index (κ1) is 17.9. The third-order valence-electron chi connectivity index (χ3n) is 5.92. The second-order valence-corrected chi connectivity index (χ2v) is 8.18. The fourth-order valence-corrected chi connectivity index (χ4v) is 4.03. The number of carbonyl (C=O) groups excluding carboxylic acids is 1. The lowest BCUT2D eigenvalue weighted by atomic mass is 9.86. The van der Waals surface area contributed by atoms with E-state index in [1.165, 1.54) is 0 Å². The largest absolute Gasteiger partial charge is 0.379 e. The topological polar surface area (TPSA) is 83.8 Å². The van der Waals surface area contributed by atoms with Gasteiger partial charge in [0.05, 0.1) is 18.1 Å². The number of anilines is 4. The number of hydrogen-bond acceptors (Lipinski definition) is 6. The number of amides is 1. The zero-order chi connectivity index (χ0) is 20.2. The Labute approximate surface area is 168 Å². The molecule has 0 radical (unpaired) electrons. The van der Waals surface area contributed by atoms with Gasteiger partial charge in [-0.25, -0.2) is 0 Å². The minimum atomic E-state index is -0.515. The zero-order valence-corrected chi connectivity index (χ0v) is 16.8. The van der Waals surface area contributed by atoms with Crippen molar-refractivity contribution in [2.45, 2.75) is 31.7 Å². The van der Waals surface area contributed by atoms with E-state index in [9.17, 15) is 4.79 Å². The minimum Gasteiger partial charge on any atom is -0.379 e. The number of nitrogens with zero attached hydrogens (tertiary/aromatic N) is 4. The summed E-state index contributed by atoms with van der Waals surface area (Å²) in [6.07, 6.45) is 1.00. The van der Waals surface area contributed by atoms with Crippen LogP contribution in [0.3, 0.4) is 0 Å². The monoisotopic (exact) mass is 392 g/mol. The molecule has 1 amide bonds. The average molecular weight is 392 g/mol. The van der Waals surface area contributed by atoms with Gasteiger partial charge in [-0.1, -0.05) is 12.1 Å². The molecule has 1 aromatic carbocycles. The quantitative estimate of drug-likeness (QED) is 0.710. The van der Waals surface area contributed by atoms with Crippen LogP contribution in [0.5, 0.6) is 0 Å². The van der Waals surface area contributed by atoms with E-state index in [-0.39, 0.29) is 5.91 Å². The van der Waals surface area contributed by atoms with Crippen LogP contribution in [-0.2, 0) is 14.9 Å². The minimum absolute atomic E-state index is 0.0130. The van der Waals surface area contributed by atoms with Gasteiger partial charge in [0.25, 0.3) is 0 Å². The van der Waals surface area contributed by atoms with Crippen molar-refractivity contribution >= 4 is 34.7 Å². The second kappa shape index (κ2) is 6.45. The number of hydrogen-bond donors (Lipinski definition) is 2. The van der Waals surface area contributed by atoms with E-state index < -0.39 is 5.41 Å². The first-order chi connectivity index (χ1) is 13.9. The third-order valence-corrected chi connectivity index (χ3v) is 5.92. The molecule has 29 heavy (non-hydrogen) atoms. The van der Waals surface area contributed by atoms with Gasteiger partial charge in [0.15, 0.2) is 5.65 Å². The summed E-state index contributed by atoms with van der Waals surface area (Å²) in [6.45, 7) is 5.38. The number of rotatable bonds is 4. The van der Waals surface area contributed by atoms with E-state index >= 15 is 0 Å². The Hall–Kier alpha value is -3.13. The Balaban J connectivity index is 1.44. The van der Waals surface area contributed by atoms with Gasteiger partial charge in [-0.15, -0.1) is 5.10 Å². The van der Waals surface area contributed by atoms with Crippen molar-refractivity contribution in [2.75, 3.05) is 35.8 Å².